The molecule has 0 bridgehead atoms. The second-order valence-electron chi connectivity index (χ2n) is 9.32. The van der Waals surface area contributed by atoms with Gasteiger partial charge in [0.15, 0.2) is 0 Å². The zero-order chi connectivity index (χ0) is 30.6. The van der Waals surface area contributed by atoms with Crippen LogP contribution in [0.5, 0.6) is 0 Å². The molecule has 1 atom stereocenters. The van der Waals surface area contributed by atoms with E-state index in [4.69, 9.17) is 9.90 Å². The van der Waals surface area contributed by atoms with E-state index in [1.54, 1.807) is 26.8 Å². The largest absolute Gasteiger partial charge is 0.490 e. The van der Waals surface area contributed by atoms with Crippen LogP contribution in [0.2, 0.25) is 0 Å². The zero-order valence-electron chi connectivity index (χ0n) is 22.1. The number of hydrogen-bond acceptors (Lipinski definition) is 5. The van der Waals surface area contributed by atoms with Crippen molar-refractivity contribution in [3.8, 4) is 0 Å². The van der Waals surface area contributed by atoms with Crippen molar-refractivity contribution < 1.29 is 41.4 Å². The summed E-state index contributed by atoms with van der Waals surface area (Å²) in [6.07, 6.45) is -4.78. The molecule has 0 spiro atoms. The first kappa shape index (κ1) is 30.9. The summed E-state index contributed by atoms with van der Waals surface area (Å²) in [5.74, 6) is -4.76. The summed E-state index contributed by atoms with van der Waals surface area (Å²) in [5.41, 5.74) is 2.70. The molecule has 14 heteroatoms. The lowest BCUT2D eigenvalue weighted by molar-refractivity contribution is -0.192. The zero-order valence-corrected chi connectivity index (χ0v) is 22.1. The van der Waals surface area contributed by atoms with Crippen molar-refractivity contribution in [1.82, 2.24) is 15.1 Å². The van der Waals surface area contributed by atoms with E-state index >= 15 is 0 Å². The van der Waals surface area contributed by atoms with Crippen LogP contribution in [0.1, 0.15) is 39.7 Å². The maximum absolute atomic E-state index is 14.6. The topological polar surface area (TPSA) is 124 Å². The average molecular weight is 581 g/mol. The third-order valence-corrected chi connectivity index (χ3v) is 6.42. The number of anilines is 1. The van der Waals surface area contributed by atoms with E-state index < -0.39 is 29.7 Å². The molecule has 1 unspecified atom stereocenters. The van der Waals surface area contributed by atoms with Gasteiger partial charge in [0, 0.05) is 24.2 Å². The van der Waals surface area contributed by atoms with Gasteiger partial charge in [0.1, 0.15) is 18.2 Å². The summed E-state index contributed by atoms with van der Waals surface area (Å²) in [5, 5.41) is 13.7. The lowest BCUT2D eigenvalue weighted by atomic mass is 10.0. The van der Waals surface area contributed by atoms with Crippen LogP contribution in [0.3, 0.4) is 0 Å². The number of nitrogens with one attached hydrogen (secondary N) is 1. The monoisotopic (exact) mass is 580 g/mol. The van der Waals surface area contributed by atoms with Gasteiger partial charge in [-0.15, -0.1) is 0 Å². The second kappa shape index (κ2) is 12.3. The number of carboxylic acids is 1. The molecule has 4 rings (SSSR count). The van der Waals surface area contributed by atoms with Crippen molar-refractivity contribution in [3.05, 3.63) is 92.4 Å². The number of piperazine rings is 1. The van der Waals surface area contributed by atoms with Crippen molar-refractivity contribution in [3.63, 3.8) is 0 Å². The van der Waals surface area contributed by atoms with Crippen molar-refractivity contribution in [2.24, 2.45) is 0 Å². The molecule has 2 N–H and O–H groups in total. The van der Waals surface area contributed by atoms with E-state index in [-0.39, 0.29) is 36.2 Å². The third-order valence-electron chi connectivity index (χ3n) is 6.42. The number of aromatic nitrogens is 2. The Kier molecular flexibility index (Phi) is 9.25. The Morgan fingerprint density at radius 2 is 1.66 bits per heavy atom. The van der Waals surface area contributed by atoms with Crippen LogP contribution in [0.25, 0.3) is 0 Å². The number of nitrogens with zero attached hydrogens (tertiary/aromatic N) is 3. The Hall–Kier alpha value is -4.62. The van der Waals surface area contributed by atoms with E-state index in [1.165, 1.54) is 46.2 Å². The van der Waals surface area contributed by atoms with Crippen molar-refractivity contribution in [2.45, 2.75) is 39.4 Å². The molecule has 2 heterocycles. The number of carboxylic acid groups (broad SMARTS) is 1. The number of aromatic amines is 1. The van der Waals surface area contributed by atoms with Crippen LogP contribution in [-0.2, 0) is 16.0 Å². The highest BCUT2D eigenvalue weighted by atomic mass is 19.4. The average Bonchev–Trinajstić information content (AvgIpc) is 2.90. The highest BCUT2D eigenvalue weighted by molar-refractivity contribution is 6.02. The number of alkyl halides is 3. The fourth-order valence-corrected chi connectivity index (χ4v) is 4.16. The Morgan fingerprint density at radius 1 is 1.05 bits per heavy atom. The number of benzene rings is 2. The van der Waals surface area contributed by atoms with E-state index in [0.29, 0.717) is 28.9 Å². The highest BCUT2D eigenvalue weighted by Gasteiger charge is 2.38. The van der Waals surface area contributed by atoms with Gasteiger partial charge in [-0.2, -0.15) is 18.3 Å². The molecule has 1 saturated heterocycles. The van der Waals surface area contributed by atoms with Gasteiger partial charge < -0.3 is 14.9 Å². The van der Waals surface area contributed by atoms with Crippen molar-refractivity contribution in [1.29, 1.82) is 0 Å². The number of H-pyrrole nitrogens is 1. The molecule has 1 aliphatic heterocycles. The fourth-order valence-electron chi connectivity index (χ4n) is 4.16. The minimum Gasteiger partial charge on any atom is -0.475 e. The minimum atomic E-state index is -5.08. The van der Waals surface area contributed by atoms with Crippen LogP contribution >= 0.6 is 0 Å². The Morgan fingerprint density at radius 3 is 2.22 bits per heavy atom. The molecule has 1 aliphatic rings. The smallest absolute Gasteiger partial charge is 0.475 e. The molecular weight excluding hydrogens is 555 g/mol. The maximum atomic E-state index is 14.6. The predicted octanol–water partition coefficient (Wildman–Crippen LogP) is 3.77. The molecule has 0 saturated carbocycles. The summed E-state index contributed by atoms with van der Waals surface area (Å²) >= 11 is 0. The molecule has 1 aromatic heterocycles. The number of hydrogen-bond donors (Lipinski definition) is 2. The summed E-state index contributed by atoms with van der Waals surface area (Å²) in [6.45, 7) is 5.24. The van der Waals surface area contributed by atoms with Gasteiger partial charge >= 0.3 is 12.1 Å². The van der Waals surface area contributed by atoms with E-state index in [1.807, 2.05) is 0 Å². The van der Waals surface area contributed by atoms with Gasteiger partial charge in [0.05, 0.1) is 17.3 Å². The van der Waals surface area contributed by atoms with Gasteiger partial charge in [-0.1, -0.05) is 6.07 Å². The van der Waals surface area contributed by atoms with E-state index in [9.17, 15) is 36.3 Å². The van der Waals surface area contributed by atoms with Gasteiger partial charge in [0.25, 0.3) is 11.5 Å². The summed E-state index contributed by atoms with van der Waals surface area (Å²) in [4.78, 5) is 49.5. The molecule has 1 fully saturated rings. The second-order valence-corrected chi connectivity index (χ2v) is 9.32. The molecule has 0 aliphatic carbocycles. The number of halogens is 5. The minimum absolute atomic E-state index is 0.133. The maximum Gasteiger partial charge on any atom is 0.490 e. The molecule has 41 heavy (non-hydrogen) atoms. The number of rotatable bonds is 4. The molecular formula is C27H25F5N4O5. The van der Waals surface area contributed by atoms with Gasteiger partial charge in [-0.3, -0.25) is 14.4 Å². The number of aliphatic carboxylic acids is 1. The van der Waals surface area contributed by atoms with Gasteiger partial charge in [-0.25, -0.2) is 18.7 Å². The van der Waals surface area contributed by atoms with Crippen LogP contribution < -0.4 is 10.5 Å². The molecule has 2 aromatic carbocycles. The summed E-state index contributed by atoms with van der Waals surface area (Å²) < 4.78 is 59.6. The van der Waals surface area contributed by atoms with Gasteiger partial charge in [-0.05, 0) is 68.3 Å². The first-order valence-electron chi connectivity index (χ1n) is 12.1. The van der Waals surface area contributed by atoms with Crippen LogP contribution in [-0.4, -0.2) is 63.3 Å². The molecule has 2 amide bonds. The lowest BCUT2D eigenvalue weighted by Crippen LogP contribution is -2.57. The van der Waals surface area contributed by atoms with Crippen LogP contribution in [0.4, 0.5) is 27.6 Å². The van der Waals surface area contributed by atoms with Gasteiger partial charge in [0.2, 0.25) is 5.91 Å². The molecule has 218 valence electrons. The normalized spacial score (nSPS) is 15.3. The first-order valence-corrected chi connectivity index (χ1v) is 12.1. The summed E-state index contributed by atoms with van der Waals surface area (Å²) in [7, 11) is 0. The Balaban J connectivity index is 0.000000587. The van der Waals surface area contributed by atoms with E-state index in [0.717, 1.165) is 5.56 Å². The third kappa shape index (κ3) is 7.32. The van der Waals surface area contributed by atoms with Crippen LogP contribution in [0.15, 0.2) is 47.3 Å². The summed E-state index contributed by atoms with van der Waals surface area (Å²) in [6, 6.07) is 9.43. The standard InChI is InChI=1S/C25H24F2N4O3.C2HF3O2/c1-14-12-30(13-23(32)31(14)19-7-5-18(26)6-8-19)25(34)20-10-17(4-9-21(20)27)11-22-15(2)16(3)24(33)29-28-22;3-2(4,5)1(6)7/h4-10,14H,11-13H2,1-3H3,(H,29,33);(H,6,7). The molecule has 0 radical (unpaired) electrons. The first-order chi connectivity index (χ1) is 19.1. The quantitative estimate of drug-likeness (QED) is 0.453. The molecule has 3 aromatic rings. The number of carbonyl (C=O) groups is 3. The van der Waals surface area contributed by atoms with Crippen LogP contribution in [0, 0.1) is 25.5 Å². The Bertz CT molecular complexity index is 1520. The predicted molar refractivity (Wildman–Crippen MR) is 136 cm³/mol. The van der Waals surface area contributed by atoms with E-state index in [2.05, 4.69) is 10.2 Å². The highest BCUT2D eigenvalue weighted by Crippen LogP contribution is 2.24. The van der Waals surface area contributed by atoms with Crippen molar-refractivity contribution in [2.75, 3.05) is 18.0 Å². The Labute approximate surface area is 230 Å². The fraction of sp³-hybridized carbons (Fsp3) is 0.296. The molecule has 9 nitrogen and oxygen atoms in total. The number of amides is 2. The number of carbonyl (C=O) groups excluding carboxylic acids is 2. The lowest BCUT2D eigenvalue weighted by Gasteiger charge is -2.39. The SMILES string of the molecule is Cc1c(Cc2ccc(F)c(C(=O)N3CC(=O)N(c4ccc(F)cc4)C(C)C3)c2)n[nH]c(=O)c1C.O=C(O)C(F)(F)F. The van der Waals surface area contributed by atoms with Crippen molar-refractivity contribution >= 4 is 23.5 Å².